The van der Waals surface area contributed by atoms with E-state index in [2.05, 4.69) is 5.32 Å². The van der Waals surface area contributed by atoms with Gasteiger partial charge in [-0.15, -0.1) is 0 Å². The van der Waals surface area contributed by atoms with E-state index >= 15 is 0 Å². The molecule has 1 aromatic rings. The van der Waals surface area contributed by atoms with E-state index in [0.29, 0.717) is 0 Å². The predicted octanol–water partition coefficient (Wildman–Crippen LogP) is 0.885. The smallest absolute Gasteiger partial charge is 0.238 e. The number of carbonyl (C=O) groups excluding carboxylic acids is 1. The number of rotatable bonds is 6. The van der Waals surface area contributed by atoms with Gasteiger partial charge in [0.15, 0.2) is 0 Å². The van der Waals surface area contributed by atoms with E-state index in [1.807, 2.05) is 20.8 Å². The van der Waals surface area contributed by atoms with Gasteiger partial charge in [0.1, 0.15) is 0 Å². The largest absolute Gasteiger partial charge is 0.350 e. The van der Waals surface area contributed by atoms with Gasteiger partial charge in [0.25, 0.3) is 0 Å². The van der Waals surface area contributed by atoms with E-state index in [-0.39, 0.29) is 35.2 Å². The summed E-state index contributed by atoms with van der Waals surface area (Å²) in [6, 6.07) is 5.70. The van der Waals surface area contributed by atoms with Crippen molar-refractivity contribution < 1.29 is 13.2 Å². The molecule has 0 bridgehead atoms. The SMILES string of the molecule is CC(NC(=O)CC(N)C(C)C)c1ccc(S(N)(=O)=O)cc1. The van der Waals surface area contributed by atoms with E-state index in [4.69, 9.17) is 10.9 Å². The zero-order valence-corrected chi connectivity index (χ0v) is 13.4. The number of carbonyl (C=O) groups is 1. The zero-order valence-electron chi connectivity index (χ0n) is 12.5. The van der Waals surface area contributed by atoms with E-state index in [1.54, 1.807) is 12.1 Å². The standard InChI is InChI=1S/C14H23N3O3S/c1-9(2)13(15)8-14(18)17-10(3)11-4-6-12(7-5-11)21(16,19)20/h4-7,9-10,13H,8,15H2,1-3H3,(H,17,18)(H2,16,19,20). The Kier molecular flexibility index (Phi) is 5.88. The van der Waals surface area contributed by atoms with E-state index < -0.39 is 10.0 Å². The first-order valence-corrected chi connectivity index (χ1v) is 8.33. The molecule has 1 aromatic carbocycles. The van der Waals surface area contributed by atoms with Crippen LogP contribution in [0.1, 0.15) is 38.8 Å². The number of hydrogen-bond donors (Lipinski definition) is 3. The minimum Gasteiger partial charge on any atom is -0.350 e. The maximum Gasteiger partial charge on any atom is 0.238 e. The molecule has 0 aliphatic rings. The van der Waals surface area contributed by atoms with Gasteiger partial charge in [-0.25, -0.2) is 13.6 Å². The van der Waals surface area contributed by atoms with Crippen molar-refractivity contribution in [2.75, 3.05) is 0 Å². The highest BCUT2D eigenvalue weighted by Gasteiger charge is 2.16. The maximum atomic E-state index is 11.9. The molecule has 0 aliphatic heterocycles. The number of benzene rings is 1. The van der Waals surface area contributed by atoms with Crippen molar-refractivity contribution in [2.24, 2.45) is 16.8 Å². The molecule has 0 saturated carbocycles. The summed E-state index contributed by atoms with van der Waals surface area (Å²) in [5.41, 5.74) is 6.66. The molecule has 0 saturated heterocycles. The third-order valence-electron chi connectivity index (χ3n) is 3.36. The van der Waals surface area contributed by atoms with Crippen LogP contribution < -0.4 is 16.2 Å². The van der Waals surface area contributed by atoms with Gasteiger partial charge in [-0.3, -0.25) is 4.79 Å². The van der Waals surface area contributed by atoms with Crippen LogP contribution in [-0.4, -0.2) is 20.4 Å². The highest BCUT2D eigenvalue weighted by atomic mass is 32.2. The Balaban J connectivity index is 2.68. The third-order valence-corrected chi connectivity index (χ3v) is 4.29. The van der Waals surface area contributed by atoms with Crippen LogP contribution in [0.5, 0.6) is 0 Å². The molecule has 0 fully saturated rings. The second-order valence-corrected chi connectivity index (χ2v) is 7.08. The number of amides is 1. The van der Waals surface area contributed by atoms with Crippen molar-refractivity contribution in [3.8, 4) is 0 Å². The van der Waals surface area contributed by atoms with Gasteiger partial charge < -0.3 is 11.1 Å². The van der Waals surface area contributed by atoms with Crippen molar-refractivity contribution in [1.82, 2.24) is 5.32 Å². The van der Waals surface area contributed by atoms with Crippen LogP contribution >= 0.6 is 0 Å². The predicted molar refractivity (Wildman–Crippen MR) is 81.8 cm³/mol. The average molecular weight is 313 g/mol. The molecule has 5 N–H and O–H groups in total. The lowest BCUT2D eigenvalue weighted by Gasteiger charge is -2.18. The molecule has 7 heteroatoms. The molecular weight excluding hydrogens is 290 g/mol. The Morgan fingerprint density at radius 3 is 2.14 bits per heavy atom. The molecule has 1 rings (SSSR count). The molecule has 0 aromatic heterocycles. The van der Waals surface area contributed by atoms with Gasteiger partial charge in [-0.2, -0.15) is 0 Å². The van der Waals surface area contributed by atoms with Crippen LogP contribution in [0, 0.1) is 5.92 Å². The van der Waals surface area contributed by atoms with Crippen LogP contribution in [0.2, 0.25) is 0 Å². The number of hydrogen-bond acceptors (Lipinski definition) is 4. The monoisotopic (exact) mass is 313 g/mol. The number of nitrogens with two attached hydrogens (primary N) is 2. The normalized spacial score (nSPS) is 14.8. The Morgan fingerprint density at radius 1 is 1.19 bits per heavy atom. The Hall–Kier alpha value is -1.44. The second kappa shape index (κ2) is 7.02. The fraction of sp³-hybridized carbons (Fsp3) is 0.500. The molecule has 21 heavy (non-hydrogen) atoms. The average Bonchev–Trinajstić information content (AvgIpc) is 2.37. The van der Waals surface area contributed by atoms with Gasteiger partial charge in [0, 0.05) is 12.5 Å². The van der Waals surface area contributed by atoms with Gasteiger partial charge in [0.2, 0.25) is 15.9 Å². The molecule has 0 spiro atoms. The maximum absolute atomic E-state index is 11.9. The number of nitrogens with one attached hydrogen (secondary N) is 1. The van der Waals surface area contributed by atoms with Crippen molar-refractivity contribution in [2.45, 2.75) is 44.2 Å². The van der Waals surface area contributed by atoms with Crippen molar-refractivity contribution in [3.63, 3.8) is 0 Å². The van der Waals surface area contributed by atoms with Crippen LogP contribution in [0.4, 0.5) is 0 Å². The van der Waals surface area contributed by atoms with E-state index in [1.165, 1.54) is 12.1 Å². The first-order chi connectivity index (χ1) is 9.61. The van der Waals surface area contributed by atoms with Crippen LogP contribution in [-0.2, 0) is 14.8 Å². The van der Waals surface area contributed by atoms with Crippen molar-refractivity contribution in [1.29, 1.82) is 0 Å². The molecule has 0 heterocycles. The fourth-order valence-corrected chi connectivity index (χ4v) is 2.30. The molecule has 118 valence electrons. The lowest BCUT2D eigenvalue weighted by atomic mass is 10.0. The minimum absolute atomic E-state index is 0.0478. The van der Waals surface area contributed by atoms with Crippen LogP contribution in [0.3, 0.4) is 0 Å². The summed E-state index contributed by atoms with van der Waals surface area (Å²) < 4.78 is 22.3. The van der Waals surface area contributed by atoms with Crippen molar-refractivity contribution >= 4 is 15.9 Å². The summed E-state index contributed by atoms with van der Waals surface area (Å²) in [4.78, 5) is 11.9. The molecule has 6 nitrogen and oxygen atoms in total. The van der Waals surface area contributed by atoms with E-state index in [9.17, 15) is 13.2 Å². The molecule has 0 radical (unpaired) electrons. The Morgan fingerprint density at radius 2 is 1.71 bits per heavy atom. The van der Waals surface area contributed by atoms with Crippen LogP contribution in [0.25, 0.3) is 0 Å². The van der Waals surface area contributed by atoms with Crippen LogP contribution in [0.15, 0.2) is 29.2 Å². The quantitative estimate of drug-likeness (QED) is 0.723. The topological polar surface area (TPSA) is 115 Å². The molecular formula is C14H23N3O3S. The molecule has 2 unspecified atom stereocenters. The molecule has 0 aliphatic carbocycles. The Labute approximate surface area is 126 Å². The summed E-state index contributed by atoms with van der Waals surface area (Å²) in [5.74, 6) is 0.110. The Bertz CT molecular complexity index is 582. The van der Waals surface area contributed by atoms with Crippen molar-refractivity contribution in [3.05, 3.63) is 29.8 Å². The number of sulfonamides is 1. The highest BCUT2D eigenvalue weighted by molar-refractivity contribution is 7.89. The van der Waals surface area contributed by atoms with E-state index in [0.717, 1.165) is 5.56 Å². The molecule has 1 amide bonds. The lowest BCUT2D eigenvalue weighted by Crippen LogP contribution is -2.35. The van der Waals surface area contributed by atoms with Gasteiger partial charge in [-0.05, 0) is 30.5 Å². The summed E-state index contributed by atoms with van der Waals surface area (Å²) in [6.07, 6.45) is 0.261. The first-order valence-electron chi connectivity index (χ1n) is 6.79. The third kappa shape index (κ3) is 5.45. The number of primary sulfonamides is 1. The zero-order chi connectivity index (χ0) is 16.2. The summed E-state index contributed by atoms with van der Waals surface area (Å²) in [6.45, 7) is 5.76. The fourth-order valence-electron chi connectivity index (χ4n) is 1.78. The molecule has 2 atom stereocenters. The first kappa shape index (κ1) is 17.6. The summed E-state index contributed by atoms with van der Waals surface area (Å²) in [7, 11) is -3.70. The van der Waals surface area contributed by atoms with Gasteiger partial charge >= 0.3 is 0 Å². The highest BCUT2D eigenvalue weighted by Crippen LogP contribution is 2.16. The summed E-state index contributed by atoms with van der Waals surface area (Å²) >= 11 is 0. The lowest BCUT2D eigenvalue weighted by molar-refractivity contribution is -0.122. The van der Waals surface area contributed by atoms with Gasteiger partial charge in [-0.1, -0.05) is 26.0 Å². The second-order valence-electron chi connectivity index (χ2n) is 5.52. The summed E-state index contributed by atoms with van der Waals surface area (Å²) in [5, 5.41) is 7.88. The minimum atomic E-state index is -3.70. The van der Waals surface area contributed by atoms with Gasteiger partial charge in [0.05, 0.1) is 10.9 Å².